The predicted octanol–water partition coefficient (Wildman–Crippen LogP) is 3.93. The molecule has 0 spiro atoms. The zero-order valence-corrected chi connectivity index (χ0v) is 10.3. The number of carboxylic acid groups (broad SMARTS) is 1. The van der Waals surface area contributed by atoms with Gasteiger partial charge in [-0.25, -0.2) is 0 Å². The number of hydrogen-bond acceptors (Lipinski definition) is 1. The van der Waals surface area contributed by atoms with Gasteiger partial charge < -0.3 is 5.11 Å². The van der Waals surface area contributed by atoms with E-state index in [0.29, 0.717) is 0 Å². The molecule has 1 atom stereocenters. The van der Waals surface area contributed by atoms with Crippen LogP contribution in [0.4, 0.5) is 0 Å². The number of aliphatic carboxylic acids is 1. The van der Waals surface area contributed by atoms with E-state index in [1.165, 1.54) is 0 Å². The lowest BCUT2D eigenvalue weighted by Gasteiger charge is -2.15. The molecule has 0 aliphatic rings. The van der Waals surface area contributed by atoms with Gasteiger partial charge in [-0.2, -0.15) is 0 Å². The minimum atomic E-state index is -0.759. The lowest BCUT2D eigenvalue weighted by atomic mass is 9.90. The lowest BCUT2D eigenvalue weighted by molar-refractivity contribution is -0.137. The van der Waals surface area contributed by atoms with E-state index in [1.54, 1.807) is 0 Å². The third-order valence-electron chi connectivity index (χ3n) is 3.06. The molecule has 1 N–H and O–H groups in total. The highest BCUT2D eigenvalue weighted by Gasteiger charge is 2.14. The molecule has 0 aliphatic carbocycles. The maximum atomic E-state index is 10.8. The summed E-state index contributed by atoms with van der Waals surface area (Å²) >= 11 is 0. The maximum Gasteiger partial charge on any atom is 0.303 e. The molecule has 0 saturated carbocycles. The first-order valence-corrected chi connectivity index (χ1v) is 6.04. The van der Waals surface area contributed by atoms with Gasteiger partial charge in [-0.3, -0.25) is 4.79 Å². The normalized spacial score (nSPS) is 12.1. The Labute approximate surface area is 107 Å². The van der Waals surface area contributed by atoms with Crippen molar-refractivity contribution in [3.05, 3.63) is 60.2 Å². The Morgan fingerprint density at radius 2 is 1.67 bits per heavy atom. The second-order valence-corrected chi connectivity index (χ2v) is 4.45. The standard InChI is InChI=1S/C16H16O2/c1-12(11-16(17)18)14-9-5-6-10-15(14)13-7-3-2-4-8-13/h2-10,12H,11H2,1H3,(H,17,18). The summed E-state index contributed by atoms with van der Waals surface area (Å²) in [6.07, 6.45) is 0.157. The fraction of sp³-hybridized carbons (Fsp3) is 0.188. The molecule has 0 fully saturated rings. The third kappa shape index (κ3) is 2.77. The molecule has 0 radical (unpaired) electrons. The smallest absolute Gasteiger partial charge is 0.303 e. The van der Waals surface area contributed by atoms with Crippen molar-refractivity contribution in [2.75, 3.05) is 0 Å². The molecule has 0 aliphatic heterocycles. The quantitative estimate of drug-likeness (QED) is 0.879. The van der Waals surface area contributed by atoms with Crippen LogP contribution in [0, 0.1) is 0 Å². The van der Waals surface area contributed by atoms with Crippen LogP contribution >= 0.6 is 0 Å². The van der Waals surface area contributed by atoms with Crippen LogP contribution in [0.5, 0.6) is 0 Å². The summed E-state index contributed by atoms with van der Waals surface area (Å²) in [5.74, 6) is -0.746. The SMILES string of the molecule is CC(CC(=O)O)c1ccccc1-c1ccccc1. The van der Waals surface area contributed by atoms with Gasteiger partial charge in [0.1, 0.15) is 0 Å². The monoisotopic (exact) mass is 240 g/mol. The Balaban J connectivity index is 2.40. The number of hydrogen-bond donors (Lipinski definition) is 1. The van der Waals surface area contributed by atoms with Crippen LogP contribution in [0.2, 0.25) is 0 Å². The molecule has 0 amide bonds. The summed E-state index contributed by atoms with van der Waals surface area (Å²) in [4.78, 5) is 10.8. The molecule has 2 nitrogen and oxygen atoms in total. The number of rotatable bonds is 4. The zero-order chi connectivity index (χ0) is 13.0. The third-order valence-corrected chi connectivity index (χ3v) is 3.06. The fourth-order valence-electron chi connectivity index (χ4n) is 2.18. The van der Waals surface area contributed by atoms with Crippen molar-refractivity contribution in [3.8, 4) is 11.1 Å². The van der Waals surface area contributed by atoms with E-state index in [-0.39, 0.29) is 12.3 Å². The summed E-state index contributed by atoms with van der Waals surface area (Å²) in [5.41, 5.74) is 3.34. The van der Waals surface area contributed by atoms with E-state index in [2.05, 4.69) is 0 Å². The van der Waals surface area contributed by atoms with Crippen LogP contribution in [0.25, 0.3) is 11.1 Å². The van der Waals surface area contributed by atoms with Gasteiger partial charge in [-0.1, -0.05) is 61.5 Å². The van der Waals surface area contributed by atoms with Crippen LogP contribution in [0.1, 0.15) is 24.8 Å². The Kier molecular flexibility index (Phi) is 3.78. The minimum Gasteiger partial charge on any atom is -0.481 e. The van der Waals surface area contributed by atoms with Crippen molar-refractivity contribution in [1.29, 1.82) is 0 Å². The fourth-order valence-corrected chi connectivity index (χ4v) is 2.18. The van der Waals surface area contributed by atoms with Gasteiger partial charge in [0.25, 0.3) is 0 Å². The van der Waals surface area contributed by atoms with E-state index in [0.717, 1.165) is 16.7 Å². The molecular formula is C16H16O2. The molecule has 92 valence electrons. The topological polar surface area (TPSA) is 37.3 Å². The highest BCUT2D eigenvalue weighted by atomic mass is 16.4. The first-order chi connectivity index (χ1) is 8.68. The van der Waals surface area contributed by atoms with Gasteiger partial charge in [0, 0.05) is 0 Å². The van der Waals surface area contributed by atoms with E-state index in [4.69, 9.17) is 5.11 Å². The summed E-state index contributed by atoms with van der Waals surface area (Å²) in [6, 6.07) is 18.1. The van der Waals surface area contributed by atoms with Gasteiger partial charge >= 0.3 is 5.97 Å². The van der Waals surface area contributed by atoms with Gasteiger partial charge in [0.15, 0.2) is 0 Å². The van der Waals surface area contributed by atoms with E-state index in [1.807, 2.05) is 61.5 Å². The number of carboxylic acids is 1. The van der Waals surface area contributed by atoms with Crippen LogP contribution < -0.4 is 0 Å². The number of benzene rings is 2. The molecule has 0 aromatic heterocycles. The summed E-state index contributed by atoms with van der Waals surface area (Å²) in [7, 11) is 0. The van der Waals surface area contributed by atoms with E-state index >= 15 is 0 Å². The van der Waals surface area contributed by atoms with Crippen molar-refractivity contribution in [2.24, 2.45) is 0 Å². The average Bonchev–Trinajstić information content (AvgIpc) is 2.39. The summed E-state index contributed by atoms with van der Waals surface area (Å²) in [6.45, 7) is 1.95. The Morgan fingerprint density at radius 1 is 1.06 bits per heavy atom. The zero-order valence-electron chi connectivity index (χ0n) is 10.3. The molecule has 2 aromatic carbocycles. The van der Waals surface area contributed by atoms with Gasteiger partial charge in [-0.15, -0.1) is 0 Å². The second kappa shape index (κ2) is 5.50. The molecule has 2 aromatic rings. The van der Waals surface area contributed by atoms with Crippen LogP contribution in [-0.2, 0) is 4.79 Å². The molecular weight excluding hydrogens is 224 g/mol. The molecule has 1 unspecified atom stereocenters. The molecule has 2 rings (SSSR count). The van der Waals surface area contributed by atoms with E-state index < -0.39 is 5.97 Å². The van der Waals surface area contributed by atoms with Gasteiger partial charge in [0.2, 0.25) is 0 Å². The van der Waals surface area contributed by atoms with Crippen LogP contribution in [0.3, 0.4) is 0 Å². The van der Waals surface area contributed by atoms with Crippen molar-refractivity contribution < 1.29 is 9.90 Å². The van der Waals surface area contributed by atoms with Crippen molar-refractivity contribution in [2.45, 2.75) is 19.3 Å². The van der Waals surface area contributed by atoms with Crippen LogP contribution in [-0.4, -0.2) is 11.1 Å². The molecule has 0 heterocycles. The highest BCUT2D eigenvalue weighted by molar-refractivity contribution is 5.71. The predicted molar refractivity (Wildman–Crippen MR) is 72.5 cm³/mol. The van der Waals surface area contributed by atoms with Gasteiger partial charge in [0.05, 0.1) is 6.42 Å². The first kappa shape index (κ1) is 12.4. The summed E-state index contributed by atoms with van der Waals surface area (Å²) in [5, 5.41) is 8.91. The highest BCUT2D eigenvalue weighted by Crippen LogP contribution is 2.30. The maximum absolute atomic E-state index is 10.8. The lowest BCUT2D eigenvalue weighted by Crippen LogP contribution is -2.04. The molecule has 18 heavy (non-hydrogen) atoms. The summed E-state index contributed by atoms with van der Waals surface area (Å²) < 4.78 is 0. The van der Waals surface area contributed by atoms with Crippen LogP contribution in [0.15, 0.2) is 54.6 Å². The van der Waals surface area contributed by atoms with Crippen molar-refractivity contribution in [3.63, 3.8) is 0 Å². The van der Waals surface area contributed by atoms with Crippen molar-refractivity contribution in [1.82, 2.24) is 0 Å². The largest absolute Gasteiger partial charge is 0.481 e. The molecule has 2 heteroatoms. The number of carbonyl (C=O) groups is 1. The molecule has 0 bridgehead atoms. The average molecular weight is 240 g/mol. The minimum absolute atomic E-state index is 0.0129. The van der Waals surface area contributed by atoms with Crippen molar-refractivity contribution >= 4 is 5.97 Å². The van der Waals surface area contributed by atoms with Gasteiger partial charge in [-0.05, 0) is 22.6 Å². The van der Waals surface area contributed by atoms with E-state index in [9.17, 15) is 4.79 Å². The first-order valence-electron chi connectivity index (χ1n) is 6.04. The molecule has 0 saturated heterocycles. The Hall–Kier alpha value is -2.09. The second-order valence-electron chi connectivity index (χ2n) is 4.45. The Morgan fingerprint density at radius 3 is 2.33 bits per heavy atom. The Bertz CT molecular complexity index is 532.